The standard InChI is InChI=1S/C15H16O4/c1-2-3-4-10-5-6-13-12(7-10)11(8-14(16)17)9-15(18)19-13/h5-7,9H,2-4,8H2,1H3,(H,16,17). The average molecular weight is 260 g/mol. The Labute approximate surface area is 110 Å². The number of hydrogen-bond acceptors (Lipinski definition) is 3. The molecule has 100 valence electrons. The van der Waals surface area contributed by atoms with E-state index in [9.17, 15) is 9.59 Å². The first-order chi connectivity index (χ1) is 9.10. The van der Waals surface area contributed by atoms with Gasteiger partial charge in [0.1, 0.15) is 5.58 Å². The fourth-order valence-corrected chi connectivity index (χ4v) is 2.12. The summed E-state index contributed by atoms with van der Waals surface area (Å²) in [5.41, 5.74) is 1.58. The molecule has 0 saturated carbocycles. The van der Waals surface area contributed by atoms with Crippen molar-refractivity contribution in [2.24, 2.45) is 0 Å². The summed E-state index contributed by atoms with van der Waals surface area (Å²) >= 11 is 0. The Morgan fingerprint density at radius 1 is 1.32 bits per heavy atom. The second-order valence-corrected chi connectivity index (χ2v) is 4.60. The molecule has 4 heteroatoms. The van der Waals surface area contributed by atoms with Crippen LogP contribution in [-0.4, -0.2) is 11.1 Å². The topological polar surface area (TPSA) is 67.5 Å². The van der Waals surface area contributed by atoms with E-state index >= 15 is 0 Å². The number of benzene rings is 1. The molecule has 0 radical (unpaired) electrons. The molecule has 1 aromatic heterocycles. The van der Waals surface area contributed by atoms with E-state index in [2.05, 4.69) is 6.92 Å². The highest BCUT2D eigenvalue weighted by Gasteiger charge is 2.09. The first-order valence-corrected chi connectivity index (χ1v) is 6.37. The molecule has 0 unspecified atom stereocenters. The van der Waals surface area contributed by atoms with Crippen molar-refractivity contribution in [1.29, 1.82) is 0 Å². The van der Waals surface area contributed by atoms with Crippen molar-refractivity contribution < 1.29 is 14.3 Å². The molecule has 1 N–H and O–H groups in total. The van der Waals surface area contributed by atoms with Gasteiger partial charge in [0.15, 0.2) is 0 Å². The maximum Gasteiger partial charge on any atom is 0.336 e. The van der Waals surface area contributed by atoms with Gasteiger partial charge < -0.3 is 9.52 Å². The molecule has 1 heterocycles. The van der Waals surface area contributed by atoms with Crippen molar-refractivity contribution >= 4 is 16.9 Å². The molecule has 2 aromatic rings. The van der Waals surface area contributed by atoms with Crippen molar-refractivity contribution in [2.75, 3.05) is 0 Å². The van der Waals surface area contributed by atoms with E-state index in [0.717, 1.165) is 30.2 Å². The summed E-state index contributed by atoms with van der Waals surface area (Å²) in [5, 5.41) is 9.61. The van der Waals surface area contributed by atoms with Crippen LogP contribution in [0.4, 0.5) is 0 Å². The predicted molar refractivity (Wildman–Crippen MR) is 72.4 cm³/mol. The molecular formula is C15H16O4. The van der Waals surface area contributed by atoms with Crippen LogP contribution < -0.4 is 5.63 Å². The number of hydrogen-bond donors (Lipinski definition) is 1. The van der Waals surface area contributed by atoms with E-state index in [1.54, 1.807) is 6.07 Å². The molecule has 0 fully saturated rings. The molecule has 1 aromatic carbocycles. The maximum atomic E-state index is 11.4. The summed E-state index contributed by atoms with van der Waals surface area (Å²) < 4.78 is 5.09. The SMILES string of the molecule is CCCCc1ccc2oc(=O)cc(CC(=O)O)c2c1. The van der Waals surface area contributed by atoms with Gasteiger partial charge in [-0.2, -0.15) is 0 Å². The molecule has 19 heavy (non-hydrogen) atoms. The molecule has 4 nitrogen and oxygen atoms in total. The highest BCUT2D eigenvalue weighted by molar-refractivity contribution is 5.85. The van der Waals surface area contributed by atoms with Crippen LogP contribution in [0.5, 0.6) is 0 Å². The number of aryl methyl sites for hydroxylation is 1. The number of carboxylic acids is 1. The van der Waals surface area contributed by atoms with E-state index in [1.807, 2.05) is 12.1 Å². The second-order valence-electron chi connectivity index (χ2n) is 4.60. The van der Waals surface area contributed by atoms with Crippen molar-refractivity contribution in [1.82, 2.24) is 0 Å². The highest BCUT2D eigenvalue weighted by atomic mass is 16.4. The highest BCUT2D eigenvalue weighted by Crippen LogP contribution is 2.20. The zero-order valence-corrected chi connectivity index (χ0v) is 10.8. The van der Waals surface area contributed by atoms with E-state index < -0.39 is 11.6 Å². The maximum absolute atomic E-state index is 11.4. The van der Waals surface area contributed by atoms with Gasteiger partial charge in [0.2, 0.25) is 0 Å². The fourth-order valence-electron chi connectivity index (χ4n) is 2.12. The Balaban J connectivity index is 2.51. The van der Waals surface area contributed by atoms with E-state index in [0.29, 0.717) is 11.1 Å². The molecule has 0 aliphatic rings. The van der Waals surface area contributed by atoms with Gasteiger partial charge in [-0.15, -0.1) is 0 Å². The molecule has 0 saturated heterocycles. The molecule has 0 spiro atoms. The third-order valence-electron chi connectivity index (χ3n) is 3.05. The number of rotatable bonds is 5. The van der Waals surface area contributed by atoms with Gasteiger partial charge in [-0.3, -0.25) is 4.79 Å². The van der Waals surface area contributed by atoms with E-state index in [-0.39, 0.29) is 6.42 Å². The van der Waals surface area contributed by atoms with Crippen LogP contribution in [-0.2, 0) is 17.6 Å². The summed E-state index contributed by atoms with van der Waals surface area (Å²) in [5.74, 6) is -0.953. The minimum absolute atomic E-state index is 0.167. The lowest BCUT2D eigenvalue weighted by molar-refractivity contribution is -0.136. The van der Waals surface area contributed by atoms with Gasteiger partial charge in [-0.25, -0.2) is 4.79 Å². The largest absolute Gasteiger partial charge is 0.481 e. The van der Waals surface area contributed by atoms with Gasteiger partial charge >= 0.3 is 11.6 Å². The molecular weight excluding hydrogens is 244 g/mol. The average Bonchev–Trinajstić information content (AvgIpc) is 2.35. The molecule has 0 bridgehead atoms. The second kappa shape index (κ2) is 5.69. The Morgan fingerprint density at radius 3 is 2.79 bits per heavy atom. The summed E-state index contributed by atoms with van der Waals surface area (Å²) in [4.78, 5) is 22.2. The van der Waals surface area contributed by atoms with Gasteiger partial charge in [0.25, 0.3) is 0 Å². The van der Waals surface area contributed by atoms with E-state index in [4.69, 9.17) is 9.52 Å². The first-order valence-electron chi connectivity index (χ1n) is 6.37. The lowest BCUT2D eigenvalue weighted by Gasteiger charge is -2.06. The van der Waals surface area contributed by atoms with Crippen molar-refractivity contribution in [3.63, 3.8) is 0 Å². The van der Waals surface area contributed by atoms with Gasteiger partial charge in [-0.1, -0.05) is 19.4 Å². The van der Waals surface area contributed by atoms with Crippen LogP contribution in [0.1, 0.15) is 30.9 Å². The Bertz CT molecular complexity index is 655. The van der Waals surface area contributed by atoms with Gasteiger partial charge in [-0.05, 0) is 36.1 Å². The molecule has 0 aliphatic carbocycles. The number of unbranched alkanes of at least 4 members (excludes halogenated alkanes) is 1. The van der Waals surface area contributed by atoms with Crippen LogP contribution in [0.25, 0.3) is 11.0 Å². The minimum Gasteiger partial charge on any atom is -0.481 e. The molecule has 0 aliphatic heterocycles. The zero-order valence-electron chi connectivity index (χ0n) is 10.8. The van der Waals surface area contributed by atoms with Crippen LogP contribution in [0.15, 0.2) is 33.5 Å². The van der Waals surface area contributed by atoms with Crippen LogP contribution >= 0.6 is 0 Å². The number of aliphatic carboxylic acids is 1. The van der Waals surface area contributed by atoms with Crippen LogP contribution in [0.2, 0.25) is 0 Å². The number of carbonyl (C=O) groups is 1. The van der Waals surface area contributed by atoms with Crippen LogP contribution in [0, 0.1) is 0 Å². The van der Waals surface area contributed by atoms with Crippen molar-refractivity contribution in [3.8, 4) is 0 Å². The van der Waals surface area contributed by atoms with Gasteiger partial charge in [0.05, 0.1) is 6.42 Å². The monoisotopic (exact) mass is 260 g/mol. The van der Waals surface area contributed by atoms with E-state index in [1.165, 1.54) is 6.07 Å². The minimum atomic E-state index is -0.953. The third-order valence-corrected chi connectivity index (χ3v) is 3.05. The van der Waals surface area contributed by atoms with Crippen LogP contribution in [0.3, 0.4) is 0 Å². The summed E-state index contributed by atoms with van der Waals surface area (Å²) in [6.07, 6.45) is 2.96. The third kappa shape index (κ3) is 3.22. The van der Waals surface area contributed by atoms with Gasteiger partial charge in [0, 0.05) is 11.5 Å². The number of fused-ring (bicyclic) bond motifs is 1. The lowest BCUT2D eigenvalue weighted by Crippen LogP contribution is -2.06. The van der Waals surface area contributed by atoms with Crippen molar-refractivity contribution in [2.45, 2.75) is 32.6 Å². The predicted octanol–water partition coefficient (Wildman–Crippen LogP) is 2.76. The smallest absolute Gasteiger partial charge is 0.336 e. The summed E-state index contributed by atoms with van der Waals surface area (Å²) in [7, 11) is 0. The molecule has 0 amide bonds. The summed E-state index contributed by atoms with van der Waals surface area (Å²) in [6, 6.07) is 6.85. The quantitative estimate of drug-likeness (QED) is 0.839. The number of carboxylic acid groups (broad SMARTS) is 1. The lowest BCUT2D eigenvalue weighted by atomic mass is 10.0. The normalized spacial score (nSPS) is 10.8. The Hall–Kier alpha value is -2.10. The molecule has 2 rings (SSSR count). The fraction of sp³-hybridized carbons (Fsp3) is 0.333. The summed E-state index contributed by atoms with van der Waals surface area (Å²) in [6.45, 7) is 2.12. The first kappa shape index (κ1) is 13.3. The Kier molecular flexibility index (Phi) is 4.00. The molecule has 0 atom stereocenters. The Morgan fingerprint density at radius 2 is 2.11 bits per heavy atom. The zero-order chi connectivity index (χ0) is 13.8. The van der Waals surface area contributed by atoms with Crippen molar-refractivity contribution in [3.05, 3.63) is 45.8 Å².